The van der Waals surface area contributed by atoms with Gasteiger partial charge in [0.2, 0.25) is 0 Å². The SMILES string of the molecule is FCC(F)F.FCC(F)F. The van der Waals surface area contributed by atoms with Crippen molar-refractivity contribution in [1.29, 1.82) is 0 Å². The van der Waals surface area contributed by atoms with Gasteiger partial charge in [-0.2, -0.15) is 0 Å². The van der Waals surface area contributed by atoms with Crippen molar-refractivity contribution < 1.29 is 26.3 Å². The van der Waals surface area contributed by atoms with Crippen LogP contribution in [0.5, 0.6) is 0 Å². The molecule has 0 heterocycles. The molecule has 0 radical (unpaired) electrons. The van der Waals surface area contributed by atoms with Crippen molar-refractivity contribution in [3.8, 4) is 0 Å². The molecule has 6 heteroatoms. The first-order chi connectivity index (χ1) is 4.54. The number of hydrogen-bond donors (Lipinski definition) is 0. The van der Waals surface area contributed by atoms with Crippen LogP contribution in [0.4, 0.5) is 26.3 Å². The van der Waals surface area contributed by atoms with Gasteiger partial charge in [-0.3, -0.25) is 0 Å². The van der Waals surface area contributed by atoms with Gasteiger partial charge in [-0.15, -0.1) is 0 Å². The average Bonchev–Trinajstić information content (AvgIpc) is 1.89. The molecule has 0 N–H and O–H groups in total. The number of halogens is 6. The van der Waals surface area contributed by atoms with Crippen LogP contribution in [0.2, 0.25) is 0 Å². The first-order valence-electron chi connectivity index (χ1n) is 2.22. The van der Waals surface area contributed by atoms with E-state index in [1.807, 2.05) is 0 Å². The molecule has 0 nitrogen and oxygen atoms in total. The van der Waals surface area contributed by atoms with Crippen LogP contribution in [0, 0.1) is 0 Å². The van der Waals surface area contributed by atoms with E-state index in [1.54, 1.807) is 0 Å². The Hall–Kier alpha value is -0.420. The minimum Gasteiger partial charge on any atom is -0.245 e. The molecule has 0 aromatic heterocycles. The van der Waals surface area contributed by atoms with Crippen molar-refractivity contribution in [3.63, 3.8) is 0 Å². The van der Waals surface area contributed by atoms with E-state index in [2.05, 4.69) is 0 Å². The third-order valence-electron chi connectivity index (χ3n) is 0.233. The maximum Gasteiger partial charge on any atom is 0.266 e. The molecule has 0 spiro atoms. The zero-order chi connectivity index (χ0) is 8.57. The van der Waals surface area contributed by atoms with Gasteiger partial charge in [0.25, 0.3) is 12.9 Å². The van der Waals surface area contributed by atoms with Gasteiger partial charge < -0.3 is 0 Å². The van der Waals surface area contributed by atoms with Gasteiger partial charge in [-0.1, -0.05) is 0 Å². The standard InChI is InChI=1S/2C2H3F3/c2*3-1-2(4)5/h2*2H,1H2. The maximum absolute atomic E-state index is 10.4. The Bertz CT molecular complexity index is 45.7. The molecule has 0 aliphatic carbocycles. The molecule has 10 heavy (non-hydrogen) atoms. The zero-order valence-electron chi connectivity index (χ0n) is 4.84. The normalized spacial score (nSPS) is 9.60. The Morgan fingerprint density at radius 3 is 0.800 bits per heavy atom. The fourth-order valence-electron chi connectivity index (χ4n) is 0. The van der Waals surface area contributed by atoms with Crippen LogP contribution in [-0.2, 0) is 0 Å². The smallest absolute Gasteiger partial charge is 0.245 e. The van der Waals surface area contributed by atoms with E-state index in [4.69, 9.17) is 0 Å². The summed E-state index contributed by atoms with van der Waals surface area (Å²) in [7, 11) is 0. The fourth-order valence-corrected chi connectivity index (χ4v) is 0. The highest BCUT2D eigenvalue weighted by atomic mass is 19.3. The highest BCUT2D eigenvalue weighted by Gasteiger charge is 1.95. The second kappa shape index (κ2) is 8.58. The molecule has 0 aromatic carbocycles. The predicted octanol–water partition coefficient (Wildman–Crippen LogP) is 2.44. The largest absolute Gasteiger partial charge is 0.266 e. The molecule has 0 unspecified atom stereocenters. The predicted molar refractivity (Wildman–Crippen MR) is 24.0 cm³/mol. The quantitative estimate of drug-likeness (QED) is 0.555. The average molecular weight is 168 g/mol. The summed E-state index contributed by atoms with van der Waals surface area (Å²) in [4.78, 5) is 0. The van der Waals surface area contributed by atoms with Gasteiger partial charge in [-0.25, -0.2) is 26.3 Å². The molecule has 0 fully saturated rings. The molecule has 0 rings (SSSR count). The first-order valence-corrected chi connectivity index (χ1v) is 2.22. The van der Waals surface area contributed by atoms with E-state index >= 15 is 0 Å². The fraction of sp³-hybridized carbons (Fsp3) is 1.00. The highest BCUT2D eigenvalue weighted by Crippen LogP contribution is 1.89. The Kier molecular flexibility index (Phi) is 10.5. The minimum absolute atomic E-state index is 1.53. The topological polar surface area (TPSA) is 0 Å². The lowest BCUT2D eigenvalue weighted by atomic mass is 10.8. The third kappa shape index (κ3) is 25.6. The molecule has 0 aliphatic heterocycles. The molecule has 0 saturated carbocycles. The lowest BCUT2D eigenvalue weighted by Gasteiger charge is -1.78. The van der Waals surface area contributed by atoms with Crippen LogP contribution in [0.15, 0.2) is 0 Å². The van der Waals surface area contributed by atoms with E-state index in [0.29, 0.717) is 0 Å². The summed E-state index contributed by atoms with van der Waals surface area (Å²) in [6.07, 6.45) is -5.56. The summed E-state index contributed by atoms with van der Waals surface area (Å²) in [5.74, 6) is 0. The van der Waals surface area contributed by atoms with Gasteiger partial charge in [-0.05, 0) is 0 Å². The van der Waals surface area contributed by atoms with Crippen molar-refractivity contribution in [3.05, 3.63) is 0 Å². The maximum atomic E-state index is 10.4. The molecule has 64 valence electrons. The Labute approximate surface area is 53.8 Å². The Morgan fingerprint density at radius 2 is 0.800 bits per heavy atom. The van der Waals surface area contributed by atoms with Gasteiger partial charge in [0.15, 0.2) is 13.3 Å². The van der Waals surface area contributed by atoms with E-state index in [0.717, 1.165) is 0 Å². The lowest BCUT2D eigenvalue weighted by Crippen LogP contribution is -1.88. The van der Waals surface area contributed by atoms with Gasteiger partial charge >= 0.3 is 0 Å². The van der Waals surface area contributed by atoms with Crippen molar-refractivity contribution >= 4 is 0 Å². The summed E-state index contributed by atoms with van der Waals surface area (Å²) in [5, 5.41) is 0. The van der Waals surface area contributed by atoms with E-state index in [-0.39, 0.29) is 0 Å². The molecule has 0 amide bonds. The number of alkyl halides is 6. The van der Waals surface area contributed by atoms with Crippen LogP contribution in [0.25, 0.3) is 0 Å². The summed E-state index contributed by atoms with van der Waals surface area (Å²) < 4.78 is 62.3. The van der Waals surface area contributed by atoms with Crippen molar-refractivity contribution in [2.45, 2.75) is 12.9 Å². The molecular formula is C4H6F6. The van der Waals surface area contributed by atoms with Crippen LogP contribution in [-0.4, -0.2) is 26.2 Å². The molecule has 0 saturated heterocycles. The van der Waals surface area contributed by atoms with Crippen molar-refractivity contribution in [2.75, 3.05) is 13.3 Å². The third-order valence-corrected chi connectivity index (χ3v) is 0.233. The van der Waals surface area contributed by atoms with Crippen LogP contribution >= 0.6 is 0 Å². The number of hydrogen-bond acceptors (Lipinski definition) is 0. The minimum atomic E-state index is -2.78. The monoisotopic (exact) mass is 168 g/mol. The molecule has 0 atom stereocenters. The van der Waals surface area contributed by atoms with Crippen molar-refractivity contribution in [2.24, 2.45) is 0 Å². The van der Waals surface area contributed by atoms with Gasteiger partial charge in [0.05, 0.1) is 0 Å². The summed E-state index contributed by atoms with van der Waals surface area (Å²) in [6, 6.07) is 0. The summed E-state index contributed by atoms with van der Waals surface area (Å²) in [5.41, 5.74) is 0. The second-order valence-electron chi connectivity index (χ2n) is 1.09. The zero-order valence-corrected chi connectivity index (χ0v) is 4.84. The Morgan fingerprint density at radius 1 is 0.700 bits per heavy atom. The van der Waals surface area contributed by atoms with Gasteiger partial charge in [0, 0.05) is 0 Å². The molecule has 0 aromatic rings. The van der Waals surface area contributed by atoms with E-state index in [1.165, 1.54) is 0 Å². The molecular weight excluding hydrogens is 162 g/mol. The second-order valence-corrected chi connectivity index (χ2v) is 1.09. The lowest BCUT2D eigenvalue weighted by molar-refractivity contribution is 0.113. The van der Waals surface area contributed by atoms with Crippen LogP contribution in [0.1, 0.15) is 0 Å². The van der Waals surface area contributed by atoms with Gasteiger partial charge in [0.1, 0.15) is 0 Å². The number of rotatable bonds is 2. The van der Waals surface area contributed by atoms with Crippen molar-refractivity contribution in [1.82, 2.24) is 0 Å². The van der Waals surface area contributed by atoms with E-state index < -0.39 is 26.2 Å². The molecule has 0 aliphatic rings. The van der Waals surface area contributed by atoms with Crippen LogP contribution in [0.3, 0.4) is 0 Å². The summed E-state index contributed by atoms with van der Waals surface area (Å²) in [6.45, 7) is -3.06. The highest BCUT2D eigenvalue weighted by molar-refractivity contribution is 4.24. The Balaban J connectivity index is 0. The molecule has 0 bridgehead atoms. The summed E-state index contributed by atoms with van der Waals surface area (Å²) >= 11 is 0. The van der Waals surface area contributed by atoms with E-state index in [9.17, 15) is 26.3 Å². The first kappa shape index (κ1) is 12.3. The van der Waals surface area contributed by atoms with Crippen LogP contribution < -0.4 is 0 Å².